The van der Waals surface area contributed by atoms with E-state index < -0.39 is 0 Å². The van der Waals surface area contributed by atoms with Crippen LogP contribution in [0.5, 0.6) is 5.88 Å². The maximum Gasteiger partial charge on any atom is 0.216 e. The Morgan fingerprint density at radius 3 is 2.85 bits per heavy atom. The highest BCUT2D eigenvalue weighted by Crippen LogP contribution is 2.03. The van der Waals surface area contributed by atoms with Crippen molar-refractivity contribution in [3.05, 3.63) is 18.1 Å². The zero-order valence-corrected chi connectivity index (χ0v) is 8.32. The van der Waals surface area contributed by atoms with E-state index in [0.717, 1.165) is 18.8 Å². The summed E-state index contributed by atoms with van der Waals surface area (Å²) >= 11 is 0. The summed E-state index contributed by atoms with van der Waals surface area (Å²) in [6.45, 7) is 0.952. The van der Waals surface area contributed by atoms with Crippen molar-refractivity contribution in [2.24, 2.45) is 0 Å². The fourth-order valence-corrected chi connectivity index (χ4v) is 0.938. The zero-order chi connectivity index (χ0) is 9.68. The van der Waals surface area contributed by atoms with Crippen LogP contribution in [-0.2, 0) is 6.42 Å². The third-order valence-corrected chi connectivity index (χ3v) is 1.67. The van der Waals surface area contributed by atoms with Crippen LogP contribution in [-0.4, -0.2) is 42.6 Å². The van der Waals surface area contributed by atoms with Gasteiger partial charge in [-0.2, -0.15) is 4.98 Å². The summed E-state index contributed by atoms with van der Waals surface area (Å²) in [6, 6.07) is 1.75. The van der Waals surface area contributed by atoms with Crippen molar-refractivity contribution >= 4 is 0 Å². The van der Waals surface area contributed by atoms with Crippen LogP contribution < -0.4 is 4.74 Å². The van der Waals surface area contributed by atoms with Crippen LogP contribution in [0.2, 0.25) is 0 Å². The lowest BCUT2D eigenvalue weighted by Crippen LogP contribution is -2.16. The molecule has 1 rings (SSSR count). The van der Waals surface area contributed by atoms with Crippen LogP contribution in [0, 0.1) is 0 Å². The Hall–Kier alpha value is -1.16. The molecule has 0 atom stereocenters. The van der Waals surface area contributed by atoms with E-state index in [1.54, 1.807) is 19.4 Å². The normalized spacial score (nSPS) is 10.5. The first-order valence-electron chi connectivity index (χ1n) is 4.23. The highest BCUT2D eigenvalue weighted by atomic mass is 16.5. The van der Waals surface area contributed by atoms with Gasteiger partial charge >= 0.3 is 0 Å². The van der Waals surface area contributed by atoms with E-state index in [4.69, 9.17) is 4.74 Å². The van der Waals surface area contributed by atoms with Gasteiger partial charge in [0.2, 0.25) is 5.88 Å². The van der Waals surface area contributed by atoms with Crippen LogP contribution in [0.1, 0.15) is 5.82 Å². The van der Waals surface area contributed by atoms with Gasteiger partial charge in [-0.3, -0.25) is 0 Å². The van der Waals surface area contributed by atoms with Gasteiger partial charge in [0.15, 0.2) is 0 Å². The molecule has 4 nitrogen and oxygen atoms in total. The molecule has 0 amide bonds. The molecule has 0 unspecified atom stereocenters. The minimum atomic E-state index is 0.628. The molecule has 0 saturated heterocycles. The molecule has 1 heterocycles. The third-order valence-electron chi connectivity index (χ3n) is 1.67. The highest BCUT2D eigenvalue weighted by Gasteiger charge is 1.99. The summed E-state index contributed by atoms with van der Waals surface area (Å²) in [4.78, 5) is 10.4. The van der Waals surface area contributed by atoms with E-state index in [1.165, 1.54) is 0 Å². The molecule has 0 N–H and O–H groups in total. The number of rotatable bonds is 4. The summed E-state index contributed by atoms with van der Waals surface area (Å²) in [5.41, 5.74) is 0. The first-order chi connectivity index (χ1) is 6.22. The largest absolute Gasteiger partial charge is 0.481 e. The molecule has 13 heavy (non-hydrogen) atoms. The van der Waals surface area contributed by atoms with Gasteiger partial charge in [0.25, 0.3) is 0 Å². The molecular formula is C9H15N3O. The number of aromatic nitrogens is 2. The molecule has 1 aromatic heterocycles. The first kappa shape index (κ1) is 9.92. The van der Waals surface area contributed by atoms with Crippen LogP contribution in [0.4, 0.5) is 0 Å². The van der Waals surface area contributed by atoms with Gasteiger partial charge < -0.3 is 9.64 Å². The minimum absolute atomic E-state index is 0.628. The maximum absolute atomic E-state index is 5.00. The molecule has 0 spiro atoms. The van der Waals surface area contributed by atoms with Crippen molar-refractivity contribution in [1.82, 2.24) is 14.9 Å². The van der Waals surface area contributed by atoms with Crippen LogP contribution in [0.3, 0.4) is 0 Å². The number of likely N-dealkylation sites (N-methyl/N-ethyl adjacent to an activating group) is 1. The van der Waals surface area contributed by atoms with Crippen molar-refractivity contribution in [2.75, 3.05) is 27.7 Å². The van der Waals surface area contributed by atoms with Gasteiger partial charge in [-0.1, -0.05) is 0 Å². The van der Waals surface area contributed by atoms with Crippen LogP contribution in [0.25, 0.3) is 0 Å². The molecule has 72 valence electrons. The molecule has 0 aliphatic heterocycles. The van der Waals surface area contributed by atoms with E-state index in [9.17, 15) is 0 Å². The Kier molecular flexibility index (Phi) is 3.64. The Morgan fingerprint density at radius 1 is 1.46 bits per heavy atom. The average Bonchev–Trinajstić information content (AvgIpc) is 2.15. The third kappa shape index (κ3) is 3.38. The maximum atomic E-state index is 5.00. The predicted octanol–water partition coefficient (Wildman–Crippen LogP) is 0.589. The SMILES string of the molecule is COc1ccnc(CCN(C)C)n1. The Labute approximate surface area is 78.6 Å². The van der Waals surface area contributed by atoms with Crippen molar-refractivity contribution in [1.29, 1.82) is 0 Å². The van der Waals surface area contributed by atoms with Gasteiger partial charge in [0, 0.05) is 25.2 Å². The summed E-state index contributed by atoms with van der Waals surface area (Å²) in [5, 5.41) is 0. The highest BCUT2D eigenvalue weighted by molar-refractivity contribution is 5.08. The van der Waals surface area contributed by atoms with Crippen molar-refractivity contribution in [3.8, 4) is 5.88 Å². The fourth-order valence-electron chi connectivity index (χ4n) is 0.938. The number of ether oxygens (including phenoxy) is 1. The predicted molar refractivity (Wildman–Crippen MR) is 50.8 cm³/mol. The average molecular weight is 181 g/mol. The molecule has 4 heteroatoms. The quantitative estimate of drug-likeness (QED) is 0.681. The second-order valence-electron chi connectivity index (χ2n) is 3.07. The van der Waals surface area contributed by atoms with Crippen molar-refractivity contribution in [2.45, 2.75) is 6.42 Å². The minimum Gasteiger partial charge on any atom is -0.481 e. The molecule has 0 aliphatic rings. The number of hydrogen-bond acceptors (Lipinski definition) is 4. The summed E-state index contributed by atoms with van der Waals surface area (Å²) in [5.74, 6) is 1.46. The van der Waals surface area contributed by atoms with Gasteiger partial charge in [0.05, 0.1) is 7.11 Å². The standard InChI is InChI=1S/C9H15N3O/c1-12(2)7-5-8-10-6-4-9(11-8)13-3/h4,6H,5,7H2,1-3H3. The number of nitrogens with zero attached hydrogens (tertiary/aromatic N) is 3. The molecule has 1 aromatic rings. The smallest absolute Gasteiger partial charge is 0.216 e. The molecule has 0 radical (unpaired) electrons. The number of hydrogen-bond donors (Lipinski definition) is 0. The van der Waals surface area contributed by atoms with Crippen LogP contribution in [0.15, 0.2) is 12.3 Å². The number of methoxy groups -OCH3 is 1. The molecule has 0 fully saturated rings. The molecular weight excluding hydrogens is 166 g/mol. The Balaban J connectivity index is 2.56. The monoisotopic (exact) mass is 181 g/mol. The van der Waals surface area contributed by atoms with Gasteiger partial charge in [-0.15, -0.1) is 0 Å². The van der Waals surface area contributed by atoms with Crippen LogP contribution >= 0.6 is 0 Å². The van der Waals surface area contributed by atoms with E-state index >= 15 is 0 Å². The van der Waals surface area contributed by atoms with Crippen molar-refractivity contribution in [3.63, 3.8) is 0 Å². The topological polar surface area (TPSA) is 38.2 Å². The fraction of sp³-hybridized carbons (Fsp3) is 0.556. The Bertz CT molecular complexity index is 263. The summed E-state index contributed by atoms with van der Waals surface area (Å²) in [7, 11) is 5.67. The lowest BCUT2D eigenvalue weighted by atomic mass is 10.4. The Morgan fingerprint density at radius 2 is 2.23 bits per heavy atom. The van der Waals surface area contributed by atoms with E-state index in [0.29, 0.717) is 5.88 Å². The summed E-state index contributed by atoms with van der Waals surface area (Å²) in [6.07, 6.45) is 2.57. The first-order valence-corrected chi connectivity index (χ1v) is 4.23. The molecule has 0 aromatic carbocycles. The van der Waals surface area contributed by atoms with Gasteiger partial charge in [0.1, 0.15) is 5.82 Å². The van der Waals surface area contributed by atoms with E-state index in [1.807, 2.05) is 14.1 Å². The van der Waals surface area contributed by atoms with Gasteiger partial charge in [-0.05, 0) is 14.1 Å². The molecule has 0 aliphatic carbocycles. The lowest BCUT2D eigenvalue weighted by molar-refractivity contribution is 0.387. The summed E-state index contributed by atoms with van der Waals surface area (Å²) < 4.78 is 5.00. The van der Waals surface area contributed by atoms with Gasteiger partial charge in [-0.25, -0.2) is 4.98 Å². The van der Waals surface area contributed by atoms with E-state index in [2.05, 4.69) is 14.9 Å². The van der Waals surface area contributed by atoms with E-state index in [-0.39, 0.29) is 0 Å². The lowest BCUT2D eigenvalue weighted by Gasteiger charge is -2.08. The second kappa shape index (κ2) is 4.77. The second-order valence-corrected chi connectivity index (χ2v) is 3.07. The zero-order valence-electron chi connectivity index (χ0n) is 8.32. The van der Waals surface area contributed by atoms with Crippen molar-refractivity contribution < 1.29 is 4.74 Å². The molecule has 0 bridgehead atoms. The molecule has 0 saturated carbocycles.